The number of fused-ring (bicyclic) bond motifs is 2. The van der Waals surface area contributed by atoms with Crippen LogP contribution in [0.15, 0.2) is 34.3 Å². The lowest BCUT2D eigenvalue weighted by molar-refractivity contribution is -0.147. The molecule has 1 unspecified atom stereocenters. The Hall–Kier alpha value is -6.18. The number of hydrogen-bond donors (Lipinski definition) is 11. The molecular formula is C46H70N14O10S. The first kappa shape index (κ1) is 54.2. The number of rotatable bonds is 20. The molecule has 16 N–H and O–H groups in total. The van der Waals surface area contributed by atoms with Gasteiger partial charge in [-0.15, -0.1) is 0 Å². The first-order valence-corrected chi connectivity index (χ1v) is 24.9. The molecule has 0 spiro atoms. The van der Waals surface area contributed by atoms with Crippen LogP contribution in [0.4, 0.5) is 0 Å². The minimum atomic E-state index is -1.25. The van der Waals surface area contributed by atoms with Gasteiger partial charge in [0, 0.05) is 51.6 Å². The van der Waals surface area contributed by atoms with Crippen molar-refractivity contribution in [2.24, 2.45) is 44.6 Å². The molecule has 1 aromatic rings. The number of hydrogen-bond acceptors (Lipinski definition) is 13. The van der Waals surface area contributed by atoms with E-state index in [9.17, 15) is 44.1 Å². The summed E-state index contributed by atoms with van der Waals surface area (Å²) < 4.78 is 0. The molecule has 3 saturated heterocycles. The average molecular weight is 1010 g/mol. The average Bonchev–Trinajstić information content (AvgIpc) is 4.10. The van der Waals surface area contributed by atoms with Crippen molar-refractivity contribution in [3.63, 3.8) is 0 Å². The summed E-state index contributed by atoms with van der Waals surface area (Å²) in [5, 5.41) is 39.3. The van der Waals surface area contributed by atoms with Gasteiger partial charge in [0.1, 0.15) is 41.2 Å². The number of carbonyl (C=O) groups is 7. The van der Waals surface area contributed by atoms with E-state index >= 15 is 4.79 Å². The molecule has 1 aromatic carbocycles. The molecule has 71 heavy (non-hydrogen) atoms. The molecule has 390 valence electrons. The van der Waals surface area contributed by atoms with Gasteiger partial charge in [0.15, 0.2) is 11.9 Å². The predicted octanol–water partition coefficient (Wildman–Crippen LogP) is -3.55. The summed E-state index contributed by atoms with van der Waals surface area (Å²) in [5.41, 5.74) is 29.5. The SMILES string of the molecule is NC(N)=NCCC[C@H](NC(=O)[C@@H]1C[C@@H]2CCCC[C@@H]2N1C(=O)[C@H]1Cc2ccccc2CN1C(=S)[C@H](CO)NC(=O)CNC(=O)[C@@H]1CC(O)CN1C(=O)[C@@H]1CCCN1C(=O)[C@@H](N)CCCN=C(N)N)C(=O)O. The highest BCUT2D eigenvalue weighted by Gasteiger charge is 2.51. The highest BCUT2D eigenvalue weighted by Crippen LogP contribution is 2.41. The van der Waals surface area contributed by atoms with E-state index in [2.05, 4.69) is 25.9 Å². The minimum Gasteiger partial charge on any atom is -0.480 e. The lowest BCUT2D eigenvalue weighted by Gasteiger charge is -2.43. The predicted molar refractivity (Wildman–Crippen MR) is 263 cm³/mol. The Morgan fingerprint density at radius 1 is 0.761 bits per heavy atom. The molecule has 4 heterocycles. The van der Waals surface area contributed by atoms with Crippen LogP contribution in [-0.2, 0) is 46.5 Å². The zero-order valence-corrected chi connectivity index (χ0v) is 40.7. The van der Waals surface area contributed by atoms with E-state index in [0.717, 1.165) is 30.4 Å². The molecule has 25 heteroatoms. The van der Waals surface area contributed by atoms with Crippen molar-refractivity contribution in [2.75, 3.05) is 39.3 Å². The van der Waals surface area contributed by atoms with Gasteiger partial charge in [-0.05, 0) is 74.8 Å². The third-order valence-electron chi connectivity index (χ3n) is 14.2. The highest BCUT2D eigenvalue weighted by molar-refractivity contribution is 7.80. The van der Waals surface area contributed by atoms with Crippen molar-refractivity contribution in [3.8, 4) is 0 Å². The number of thiocarbonyl (C=S) groups is 1. The van der Waals surface area contributed by atoms with Gasteiger partial charge in [0.2, 0.25) is 35.4 Å². The van der Waals surface area contributed by atoms with Crippen molar-refractivity contribution in [1.29, 1.82) is 0 Å². The van der Waals surface area contributed by atoms with Gasteiger partial charge in [-0.3, -0.25) is 38.8 Å². The van der Waals surface area contributed by atoms with Gasteiger partial charge in [-0.1, -0.05) is 49.3 Å². The van der Waals surface area contributed by atoms with Gasteiger partial charge in [-0.2, -0.15) is 0 Å². The summed E-state index contributed by atoms with van der Waals surface area (Å²) in [6.45, 7) is -0.571. The van der Waals surface area contributed by atoms with Crippen LogP contribution in [0.25, 0.3) is 0 Å². The number of likely N-dealkylation sites (tertiary alicyclic amines) is 3. The van der Waals surface area contributed by atoms with Crippen LogP contribution in [0.1, 0.15) is 88.2 Å². The van der Waals surface area contributed by atoms with Crippen molar-refractivity contribution < 1.29 is 48.9 Å². The van der Waals surface area contributed by atoms with Crippen LogP contribution in [-0.4, -0.2) is 187 Å². The summed E-state index contributed by atoms with van der Waals surface area (Å²) in [5.74, 6) is -4.84. The topological polar surface area (TPSA) is 384 Å². The molecule has 1 aliphatic carbocycles. The summed E-state index contributed by atoms with van der Waals surface area (Å²) in [7, 11) is 0. The largest absolute Gasteiger partial charge is 0.480 e. The molecule has 10 atom stereocenters. The number of carbonyl (C=O) groups excluding carboxylic acids is 6. The Bertz CT molecular complexity index is 2210. The number of β-amino-alcohol motifs (C(OH)–C–C–N with tert-alkyl or cyclic N) is 1. The van der Waals surface area contributed by atoms with Gasteiger partial charge in [-0.25, -0.2) is 4.79 Å². The normalized spacial score (nSPS) is 24.9. The number of nitrogens with two attached hydrogens (primary N) is 5. The Balaban J connectivity index is 1.12. The van der Waals surface area contributed by atoms with Crippen molar-refractivity contribution in [3.05, 3.63) is 35.4 Å². The van der Waals surface area contributed by atoms with E-state index in [1.807, 2.05) is 24.3 Å². The molecule has 6 rings (SSSR count). The lowest BCUT2D eigenvalue weighted by atomic mass is 9.84. The molecule has 0 radical (unpaired) electrons. The highest BCUT2D eigenvalue weighted by atomic mass is 32.1. The summed E-state index contributed by atoms with van der Waals surface area (Å²) in [6.07, 6.45) is 4.49. The quantitative estimate of drug-likeness (QED) is 0.0261. The molecule has 6 amide bonds. The number of guanidine groups is 2. The molecule has 5 aliphatic rings. The fourth-order valence-corrected chi connectivity index (χ4v) is 11.1. The van der Waals surface area contributed by atoms with Gasteiger partial charge >= 0.3 is 5.97 Å². The first-order chi connectivity index (χ1) is 33.9. The standard InChI is InChI=1S/C46H70N14O10S/c47-29(11-5-15-52-45(48)49)40(66)57-17-7-14-33(57)41(67)58-23-28(62)20-34(58)38(64)54-21-37(63)55-31(24-61)43(71)59-22-27-10-2-1-8-25(27)18-36(59)42(68)60-32-13-4-3-9-26(32)19-35(60)39(65)56-30(44(69)70)12-6-16-53-46(50)51/h1-2,8,10,26,28-36,61-62H,3-7,9,11-24,47H2,(H,54,64)(H,55,63)(H,56,65)(H,69,70)(H4,48,49,52)(H4,50,51,53)/t26-,28?,29-,30-,31-,32-,33-,34-,35-,36+/m0/s1. The van der Waals surface area contributed by atoms with Gasteiger partial charge in [0.05, 0.1) is 25.3 Å². The number of aliphatic carboxylic acids is 1. The summed E-state index contributed by atoms with van der Waals surface area (Å²) in [4.78, 5) is 110. The van der Waals surface area contributed by atoms with Gasteiger partial charge < -0.3 is 79.5 Å². The molecule has 4 fully saturated rings. The van der Waals surface area contributed by atoms with Gasteiger partial charge in [0.25, 0.3) is 0 Å². The minimum absolute atomic E-state index is 0.00660. The molecule has 24 nitrogen and oxygen atoms in total. The molecule has 4 aliphatic heterocycles. The number of benzene rings is 1. The molecule has 0 bridgehead atoms. The van der Waals surface area contributed by atoms with Crippen molar-refractivity contribution in [1.82, 2.24) is 35.6 Å². The van der Waals surface area contributed by atoms with Crippen LogP contribution in [0.2, 0.25) is 0 Å². The maximum absolute atomic E-state index is 15.2. The summed E-state index contributed by atoms with van der Waals surface area (Å²) in [6, 6.07) is -0.164. The number of nitrogens with zero attached hydrogens (tertiary/aromatic N) is 6. The third kappa shape index (κ3) is 13.4. The number of carboxylic acid groups (broad SMARTS) is 1. The first-order valence-electron chi connectivity index (χ1n) is 24.5. The van der Waals surface area contributed by atoms with Crippen LogP contribution >= 0.6 is 12.2 Å². The van der Waals surface area contributed by atoms with E-state index in [-0.39, 0.29) is 93.7 Å². The molecule has 1 saturated carbocycles. The van der Waals surface area contributed by atoms with Crippen LogP contribution in [0.3, 0.4) is 0 Å². The molecular weight excluding hydrogens is 941 g/mol. The number of aliphatic hydroxyl groups excluding tert-OH is 2. The van der Waals surface area contributed by atoms with E-state index < -0.39 is 103 Å². The van der Waals surface area contributed by atoms with E-state index in [0.29, 0.717) is 32.1 Å². The maximum Gasteiger partial charge on any atom is 0.326 e. The Kier molecular flexibility index (Phi) is 18.9. The lowest BCUT2D eigenvalue weighted by Crippen LogP contribution is -2.62. The zero-order chi connectivity index (χ0) is 51.5. The third-order valence-corrected chi connectivity index (χ3v) is 14.8. The van der Waals surface area contributed by atoms with E-state index in [1.165, 1.54) is 9.80 Å². The second-order valence-corrected chi connectivity index (χ2v) is 19.5. The fourth-order valence-electron chi connectivity index (χ4n) is 10.7. The maximum atomic E-state index is 15.2. The Morgan fingerprint density at radius 3 is 2.11 bits per heavy atom. The van der Waals surface area contributed by atoms with E-state index in [4.69, 9.17) is 40.9 Å². The van der Waals surface area contributed by atoms with Crippen LogP contribution < -0.4 is 44.6 Å². The second kappa shape index (κ2) is 24.8. The number of carboxylic acids is 1. The number of nitrogens with one attached hydrogen (secondary N) is 3. The van der Waals surface area contributed by atoms with Crippen LogP contribution in [0, 0.1) is 5.92 Å². The summed E-state index contributed by atoms with van der Waals surface area (Å²) >= 11 is 5.98. The number of amides is 6. The monoisotopic (exact) mass is 1010 g/mol. The number of aliphatic imine (C=N–C) groups is 2. The van der Waals surface area contributed by atoms with Crippen molar-refractivity contribution >= 4 is 70.5 Å². The van der Waals surface area contributed by atoms with E-state index in [1.54, 1.807) is 9.80 Å². The fraction of sp³-hybridized carbons (Fsp3) is 0.652. The number of aliphatic hydroxyl groups is 2. The zero-order valence-electron chi connectivity index (χ0n) is 39.9. The van der Waals surface area contributed by atoms with Crippen molar-refractivity contribution in [2.45, 2.75) is 144 Å². The second-order valence-electron chi connectivity index (χ2n) is 19.1. The Morgan fingerprint density at radius 2 is 1.44 bits per heavy atom. The smallest absolute Gasteiger partial charge is 0.326 e. The molecule has 0 aromatic heterocycles. The Labute approximate surface area is 417 Å². The van der Waals surface area contributed by atoms with Crippen LogP contribution in [0.5, 0.6) is 0 Å².